The van der Waals surface area contributed by atoms with Crippen LogP contribution in [0.3, 0.4) is 0 Å². The minimum Gasteiger partial charge on any atom is -0.365 e. The molecule has 1 saturated heterocycles. The molecule has 0 spiro atoms. The number of anilines is 2. The van der Waals surface area contributed by atoms with Crippen LogP contribution in [0.5, 0.6) is 0 Å². The molecule has 4 rings (SSSR count). The lowest BCUT2D eigenvalue weighted by atomic mass is 10.1. The number of aromatic nitrogens is 3. The molecule has 2 amide bonds. The van der Waals surface area contributed by atoms with Crippen molar-refractivity contribution in [1.29, 1.82) is 0 Å². The summed E-state index contributed by atoms with van der Waals surface area (Å²) in [6, 6.07) is 6.68. The average molecular weight is 586 g/mol. The summed E-state index contributed by atoms with van der Waals surface area (Å²) in [6.07, 6.45) is -4.04. The summed E-state index contributed by atoms with van der Waals surface area (Å²) in [4.78, 5) is 32.2. The Bertz CT molecular complexity index is 1370. The normalized spacial score (nSPS) is 16.2. The predicted octanol–water partition coefficient (Wildman–Crippen LogP) is 4.38. The van der Waals surface area contributed by atoms with Crippen molar-refractivity contribution in [2.45, 2.75) is 32.1 Å². The van der Waals surface area contributed by atoms with Crippen LogP contribution in [0.25, 0.3) is 0 Å². The number of hydrogen-bond donors (Lipinski definition) is 3. The van der Waals surface area contributed by atoms with Crippen LogP contribution in [0, 0.1) is 11.6 Å². The molecule has 3 N–H and O–H groups in total. The summed E-state index contributed by atoms with van der Waals surface area (Å²) in [5, 5.41) is 11.2. The Morgan fingerprint density at radius 3 is 2.58 bits per heavy atom. The van der Waals surface area contributed by atoms with E-state index in [9.17, 15) is 31.5 Å². The fourth-order valence-electron chi connectivity index (χ4n) is 4.39. The van der Waals surface area contributed by atoms with Crippen LogP contribution in [0.1, 0.15) is 39.9 Å². The van der Waals surface area contributed by atoms with Gasteiger partial charge in [-0.3, -0.25) is 19.6 Å². The Balaban J connectivity index is 1.46. The molecule has 1 aromatic heterocycles. The monoisotopic (exact) mass is 585 g/mol. The first kappa shape index (κ1) is 29.2. The van der Waals surface area contributed by atoms with Crippen LogP contribution in [0.2, 0.25) is 5.02 Å². The van der Waals surface area contributed by atoms with E-state index in [-0.39, 0.29) is 36.2 Å². The molecule has 2 aromatic carbocycles. The van der Waals surface area contributed by atoms with Crippen molar-refractivity contribution in [3.8, 4) is 0 Å². The van der Waals surface area contributed by atoms with Gasteiger partial charge in [0.1, 0.15) is 6.33 Å². The Morgan fingerprint density at radius 2 is 1.90 bits per heavy atom. The fourth-order valence-corrected chi connectivity index (χ4v) is 4.56. The van der Waals surface area contributed by atoms with E-state index in [0.717, 1.165) is 12.4 Å². The van der Waals surface area contributed by atoms with Gasteiger partial charge in [0.05, 0.1) is 23.4 Å². The topological polar surface area (TPSA) is 106 Å². The number of aromatic amines is 1. The number of H-pyrrole nitrogens is 1. The van der Waals surface area contributed by atoms with E-state index in [4.69, 9.17) is 11.6 Å². The average Bonchev–Trinajstić information content (AvgIpc) is 3.44. The number of amides is 2. The number of alkyl halides is 3. The van der Waals surface area contributed by atoms with Gasteiger partial charge < -0.3 is 15.5 Å². The van der Waals surface area contributed by atoms with E-state index in [1.54, 1.807) is 11.0 Å². The minimum absolute atomic E-state index is 0.104. The molecule has 1 atom stereocenters. The Hall–Kier alpha value is -3.78. The van der Waals surface area contributed by atoms with Gasteiger partial charge in [0.2, 0.25) is 5.82 Å². The van der Waals surface area contributed by atoms with Gasteiger partial charge in [0.25, 0.3) is 11.8 Å². The molecule has 214 valence electrons. The third kappa shape index (κ3) is 7.04. The molecular formula is C25H25ClF5N7O2. The lowest BCUT2D eigenvalue weighted by Gasteiger charge is -2.42. The maximum atomic E-state index is 14.9. The van der Waals surface area contributed by atoms with Crippen LogP contribution in [0.4, 0.5) is 33.3 Å². The van der Waals surface area contributed by atoms with Gasteiger partial charge in [-0.05, 0) is 31.2 Å². The summed E-state index contributed by atoms with van der Waals surface area (Å²) < 4.78 is 67.6. The van der Waals surface area contributed by atoms with Crippen molar-refractivity contribution in [3.05, 3.63) is 70.3 Å². The van der Waals surface area contributed by atoms with Crippen LogP contribution in [0.15, 0.2) is 36.7 Å². The van der Waals surface area contributed by atoms with Crippen molar-refractivity contribution in [1.82, 2.24) is 25.4 Å². The lowest BCUT2D eigenvalue weighted by molar-refractivity contribution is -0.138. The van der Waals surface area contributed by atoms with E-state index < -0.39 is 41.6 Å². The molecule has 40 heavy (non-hydrogen) atoms. The first-order valence-electron chi connectivity index (χ1n) is 12.2. The van der Waals surface area contributed by atoms with Gasteiger partial charge >= 0.3 is 6.18 Å². The molecular weight excluding hydrogens is 561 g/mol. The first-order chi connectivity index (χ1) is 18.9. The fraction of sp³-hybridized carbons (Fsp3) is 0.360. The summed E-state index contributed by atoms with van der Waals surface area (Å²) >= 11 is 6.19. The first-order valence-corrected chi connectivity index (χ1v) is 12.6. The number of carbonyl (C=O) groups excluding carboxylic acids is 2. The minimum atomic E-state index is -4.25. The number of nitrogens with zero attached hydrogens (tertiary/aromatic N) is 4. The second-order valence-corrected chi connectivity index (χ2v) is 9.68. The van der Waals surface area contributed by atoms with E-state index in [0.29, 0.717) is 30.3 Å². The number of hydrogen-bond acceptors (Lipinski definition) is 6. The molecule has 1 unspecified atom stereocenters. The number of nitrogens with one attached hydrogen (secondary N) is 3. The second kappa shape index (κ2) is 12.2. The highest BCUT2D eigenvalue weighted by atomic mass is 35.5. The van der Waals surface area contributed by atoms with Gasteiger partial charge in [-0.2, -0.15) is 18.3 Å². The SMILES string of the molecule is CC1CN(CCC(F)(F)F)CCN1c1cc(Cl)ccc1NC(=O)c1ccc(CNC(=O)c2ncn[nH]2)c(F)c1F. The summed E-state index contributed by atoms with van der Waals surface area (Å²) in [5.74, 6) is -4.40. The highest BCUT2D eigenvalue weighted by Crippen LogP contribution is 2.33. The highest BCUT2D eigenvalue weighted by Gasteiger charge is 2.31. The van der Waals surface area contributed by atoms with E-state index >= 15 is 0 Å². The van der Waals surface area contributed by atoms with Crippen LogP contribution < -0.4 is 15.5 Å². The molecule has 2 heterocycles. The van der Waals surface area contributed by atoms with Crippen LogP contribution in [-0.4, -0.2) is 70.3 Å². The van der Waals surface area contributed by atoms with Gasteiger partial charge in [-0.15, -0.1) is 0 Å². The maximum Gasteiger partial charge on any atom is 0.390 e. The third-order valence-electron chi connectivity index (χ3n) is 6.42. The molecule has 1 fully saturated rings. The highest BCUT2D eigenvalue weighted by molar-refractivity contribution is 6.31. The molecule has 0 bridgehead atoms. The van der Waals surface area contributed by atoms with E-state index in [1.165, 1.54) is 18.2 Å². The standard InChI is InChI=1S/C25H25ClF5N7O2/c1-14-12-37(7-6-25(29,30)31)8-9-38(14)19-10-16(26)3-5-18(19)35-23(39)17-4-2-15(20(27)21(17)28)11-32-24(40)22-33-13-34-36-22/h2-5,10,13-14H,6-9,11-12H2,1H3,(H,32,40)(H,35,39)(H,33,34,36). The second-order valence-electron chi connectivity index (χ2n) is 9.24. The number of piperazine rings is 1. The predicted molar refractivity (Wildman–Crippen MR) is 137 cm³/mol. The van der Waals surface area contributed by atoms with Crippen LogP contribution in [-0.2, 0) is 6.54 Å². The summed E-state index contributed by atoms with van der Waals surface area (Å²) in [5.41, 5.74) is 0.0182. The number of halogens is 6. The van der Waals surface area contributed by atoms with Gasteiger partial charge in [0, 0.05) is 49.4 Å². The maximum absolute atomic E-state index is 14.9. The Kier molecular flexibility index (Phi) is 8.88. The van der Waals surface area contributed by atoms with E-state index in [2.05, 4.69) is 25.8 Å². The Morgan fingerprint density at radius 1 is 1.12 bits per heavy atom. The number of benzene rings is 2. The van der Waals surface area contributed by atoms with Crippen molar-refractivity contribution in [2.24, 2.45) is 0 Å². The van der Waals surface area contributed by atoms with Gasteiger partial charge in [-0.25, -0.2) is 13.8 Å². The number of carbonyl (C=O) groups is 2. The third-order valence-corrected chi connectivity index (χ3v) is 6.65. The zero-order chi connectivity index (χ0) is 29.0. The quantitative estimate of drug-likeness (QED) is 0.339. The smallest absolute Gasteiger partial charge is 0.365 e. The van der Waals surface area contributed by atoms with Crippen LogP contribution >= 0.6 is 11.6 Å². The van der Waals surface area contributed by atoms with Gasteiger partial charge in [0.15, 0.2) is 11.6 Å². The largest absolute Gasteiger partial charge is 0.390 e. The van der Waals surface area contributed by atoms with Crippen molar-refractivity contribution in [3.63, 3.8) is 0 Å². The molecule has 15 heteroatoms. The molecule has 9 nitrogen and oxygen atoms in total. The van der Waals surface area contributed by atoms with E-state index in [1.807, 2.05) is 11.8 Å². The lowest BCUT2D eigenvalue weighted by Crippen LogP contribution is -2.52. The van der Waals surface area contributed by atoms with Gasteiger partial charge in [-0.1, -0.05) is 17.7 Å². The molecule has 1 aliphatic heterocycles. The summed E-state index contributed by atoms with van der Waals surface area (Å²) in [7, 11) is 0. The van der Waals surface area contributed by atoms with Crippen molar-refractivity contribution < 1.29 is 31.5 Å². The Labute approximate surface area is 230 Å². The van der Waals surface area contributed by atoms with Crippen molar-refractivity contribution in [2.75, 3.05) is 36.4 Å². The van der Waals surface area contributed by atoms with Crippen molar-refractivity contribution >= 4 is 34.8 Å². The number of rotatable bonds is 8. The molecule has 0 aliphatic carbocycles. The molecule has 3 aromatic rings. The zero-order valence-corrected chi connectivity index (χ0v) is 21.9. The molecule has 0 saturated carbocycles. The molecule has 1 aliphatic rings. The summed E-state index contributed by atoms with van der Waals surface area (Å²) in [6.45, 7) is 2.42. The molecule has 0 radical (unpaired) electrons. The zero-order valence-electron chi connectivity index (χ0n) is 21.2.